The van der Waals surface area contributed by atoms with Crippen LogP contribution in [0, 0.1) is 45.3 Å². The number of carbonyl (C=O) groups excluding carboxylic acids is 5. The van der Waals surface area contributed by atoms with Crippen molar-refractivity contribution in [3.05, 3.63) is 11.1 Å². The van der Waals surface area contributed by atoms with E-state index in [4.69, 9.17) is 4.74 Å². The monoisotopic (exact) mass is 572 g/mol. The smallest absolute Gasteiger partial charge is 0.306 e. The molecule has 9 nitrogen and oxygen atoms in total. The zero-order valence-electron chi connectivity index (χ0n) is 25.5. The van der Waals surface area contributed by atoms with E-state index in [2.05, 4.69) is 0 Å². The minimum Gasteiger partial charge on any atom is -0.481 e. The van der Waals surface area contributed by atoms with Crippen LogP contribution in [0.2, 0.25) is 0 Å². The summed E-state index contributed by atoms with van der Waals surface area (Å²) < 4.78 is 5.80. The van der Waals surface area contributed by atoms with Gasteiger partial charge in [-0.05, 0) is 42.9 Å². The summed E-state index contributed by atoms with van der Waals surface area (Å²) in [5, 5.41) is 20.1. The molecule has 41 heavy (non-hydrogen) atoms. The summed E-state index contributed by atoms with van der Waals surface area (Å²) in [6.07, 6.45) is -1.19. The quantitative estimate of drug-likeness (QED) is 0.433. The first-order valence-electron chi connectivity index (χ1n) is 14.7. The number of hydrogen-bond acceptors (Lipinski definition) is 8. The molecule has 0 bridgehead atoms. The van der Waals surface area contributed by atoms with Crippen LogP contribution >= 0.6 is 0 Å². The van der Waals surface area contributed by atoms with E-state index in [0.717, 1.165) is 0 Å². The number of fused-ring (bicyclic) bond motifs is 4. The third-order valence-electron chi connectivity index (χ3n) is 11.8. The number of carboxylic acid groups (broad SMARTS) is 1. The number of rotatable bonds is 7. The number of ketones is 4. The van der Waals surface area contributed by atoms with Gasteiger partial charge in [0.1, 0.15) is 11.6 Å². The molecule has 6 unspecified atom stereocenters. The Bertz CT molecular complexity index is 1260. The molecule has 0 radical (unpaired) electrons. The second-order valence-corrected chi connectivity index (χ2v) is 14.4. The summed E-state index contributed by atoms with van der Waals surface area (Å²) >= 11 is 0. The van der Waals surface area contributed by atoms with E-state index in [1.54, 1.807) is 20.8 Å². The number of carbonyl (C=O) groups is 6. The van der Waals surface area contributed by atoms with E-state index >= 15 is 0 Å². The Kier molecular flexibility index (Phi) is 7.59. The molecule has 4 aliphatic carbocycles. The van der Waals surface area contributed by atoms with Gasteiger partial charge in [-0.3, -0.25) is 28.8 Å². The highest BCUT2D eigenvalue weighted by molar-refractivity contribution is 6.18. The number of aliphatic hydroxyl groups is 1. The van der Waals surface area contributed by atoms with Gasteiger partial charge in [0, 0.05) is 54.6 Å². The largest absolute Gasteiger partial charge is 0.481 e. The molecular formula is C32H44O9. The number of ether oxygens (including phenoxy) is 1. The van der Waals surface area contributed by atoms with Crippen LogP contribution in [0.5, 0.6) is 0 Å². The van der Waals surface area contributed by atoms with Crippen molar-refractivity contribution in [2.45, 2.75) is 106 Å². The summed E-state index contributed by atoms with van der Waals surface area (Å²) in [6.45, 7) is 13.6. The predicted molar refractivity (Wildman–Crippen MR) is 147 cm³/mol. The second-order valence-electron chi connectivity index (χ2n) is 14.4. The summed E-state index contributed by atoms with van der Waals surface area (Å²) in [4.78, 5) is 79.5. The molecule has 0 saturated heterocycles. The van der Waals surface area contributed by atoms with Gasteiger partial charge < -0.3 is 14.9 Å². The highest BCUT2D eigenvalue weighted by Gasteiger charge is 2.74. The first-order valence-corrected chi connectivity index (χ1v) is 14.7. The van der Waals surface area contributed by atoms with Crippen molar-refractivity contribution in [1.82, 2.24) is 0 Å². The lowest BCUT2D eigenvalue weighted by Gasteiger charge is -2.61. The van der Waals surface area contributed by atoms with Gasteiger partial charge in [0.15, 0.2) is 11.9 Å². The van der Waals surface area contributed by atoms with Crippen LogP contribution in [-0.4, -0.2) is 57.5 Å². The third kappa shape index (κ3) is 4.28. The average Bonchev–Trinajstić information content (AvgIpc) is 3.07. The molecule has 9 heteroatoms. The summed E-state index contributed by atoms with van der Waals surface area (Å²) in [6, 6.07) is 0. The van der Waals surface area contributed by atoms with E-state index in [1.165, 1.54) is 13.8 Å². The SMILES string of the molecule is CC(=O)OC1C(=O)C2=C(C(=O)CC3C(C)(C)C(O)CC[C@]23C)[C@]2(C)C(=O)CC(C(C)CC(=O)CC(C)C(=O)O)[C@@]12C. The van der Waals surface area contributed by atoms with Gasteiger partial charge in [-0.15, -0.1) is 0 Å². The number of aliphatic hydroxyl groups excluding tert-OH is 1. The molecule has 0 heterocycles. The fourth-order valence-corrected chi connectivity index (χ4v) is 9.17. The number of allylic oxidation sites excluding steroid dienone is 1. The van der Waals surface area contributed by atoms with E-state index < -0.39 is 69.3 Å². The predicted octanol–water partition coefficient (Wildman–Crippen LogP) is 3.88. The fourth-order valence-electron chi connectivity index (χ4n) is 9.17. The molecule has 0 aromatic heterocycles. The number of esters is 1. The van der Waals surface area contributed by atoms with Crippen molar-refractivity contribution < 1.29 is 43.7 Å². The molecule has 226 valence electrons. The fraction of sp³-hybridized carbons (Fsp3) is 0.750. The van der Waals surface area contributed by atoms with Gasteiger partial charge in [0.2, 0.25) is 5.78 Å². The van der Waals surface area contributed by atoms with E-state index in [9.17, 15) is 39.0 Å². The molecule has 0 amide bonds. The van der Waals surface area contributed by atoms with Crippen LogP contribution in [0.4, 0.5) is 0 Å². The first kappa shape index (κ1) is 31.3. The van der Waals surface area contributed by atoms with Crippen molar-refractivity contribution in [2.24, 2.45) is 45.3 Å². The molecule has 2 saturated carbocycles. The molecule has 0 spiro atoms. The number of hydrogen-bond donors (Lipinski definition) is 2. The lowest BCUT2D eigenvalue weighted by molar-refractivity contribution is -0.176. The van der Waals surface area contributed by atoms with Crippen LogP contribution in [0.3, 0.4) is 0 Å². The average molecular weight is 573 g/mol. The lowest BCUT2D eigenvalue weighted by atomic mass is 9.42. The van der Waals surface area contributed by atoms with Crippen LogP contribution in [-0.2, 0) is 33.5 Å². The van der Waals surface area contributed by atoms with Crippen molar-refractivity contribution >= 4 is 35.1 Å². The van der Waals surface area contributed by atoms with Crippen LogP contribution in [0.15, 0.2) is 11.1 Å². The zero-order valence-corrected chi connectivity index (χ0v) is 25.5. The van der Waals surface area contributed by atoms with Gasteiger partial charge in [-0.2, -0.15) is 0 Å². The Morgan fingerprint density at radius 2 is 1.59 bits per heavy atom. The third-order valence-corrected chi connectivity index (χ3v) is 11.8. The summed E-state index contributed by atoms with van der Waals surface area (Å²) in [7, 11) is 0. The van der Waals surface area contributed by atoms with Gasteiger partial charge >= 0.3 is 11.9 Å². The van der Waals surface area contributed by atoms with E-state index in [-0.39, 0.29) is 60.1 Å². The van der Waals surface area contributed by atoms with Crippen molar-refractivity contribution in [3.63, 3.8) is 0 Å². The van der Waals surface area contributed by atoms with Gasteiger partial charge in [0.25, 0.3) is 0 Å². The normalized spacial score (nSPS) is 39.4. The van der Waals surface area contributed by atoms with Gasteiger partial charge in [-0.1, -0.05) is 41.5 Å². The van der Waals surface area contributed by atoms with Crippen molar-refractivity contribution in [3.8, 4) is 0 Å². The number of aliphatic carboxylic acids is 1. The molecule has 4 rings (SSSR count). The van der Waals surface area contributed by atoms with Crippen LogP contribution in [0.25, 0.3) is 0 Å². The standard InChI is InChI=1S/C32H44O9/c1-15(11-18(34)12-16(2)28(39)40)19-13-23(37)32(8)24-20(35)14-21-29(4,5)22(36)9-10-30(21,6)25(24)26(38)27(31(19,32)7)41-17(3)33/h15-16,19,21-22,27,36H,9-14H2,1-8H3,(H,39,40)/t15?,16?,19?,21?,22?,27?,30-,31-,32-/m0/s1. The molecular weight excluding hydrogens is 528 g/mol. The van der Waals surface area contributed by atoms with E-state index in [1.807, 2.05) is 20.8 Å². The highest BCUT2D eigenvalue weighted by Crippen LogP contribution is 2.70. The van der Waals surface area contributed by atoms with Crippen molar-refractivity contribution in [2.75, 3.05) is 0 Å². The number of Topliss-reactive ketones (excluding diaryl/α,β-unsaturated/α-hetero) is 4. The maximum absolute atomic E-state index is 14.6. The molecule has 0 aromatic carbocycles. The number of carboxylic acids is 1. The molecule has 2 fully saturated rings. The van der Waals surface area contributed by atoms with Crippen LogP contribution in [0.1, 0.15) is 93.9 Å². The minimum atomic E-state index is -1.43. The van der Waals surface area contributed by atoms with Crippen LogP contribution < -0.4 is 0 Å². The molecule has 0 aliphatic heterocycles. The topological polar surface area (TPSA) is 152 Å². The second kappa shape index (κ2) is 9.96. The van der Waals surface area contributed by atoms with E-state index in [0.29, 0.717) is 12.8 Å². The molecule has 0 aromatic rings. The lowest BCUT2D eigenvalue weighted by Crippen LogP contribution is -2.65. The zero-order chi connectivity index (χ0) is 31.0. The Balaban J connectivity index is 1.88. The molecule has 9 atom stereocenters. The summed E-state index contributed by atoms with van der Waals surface area (Å²) in [5.41, 5.74) is -3.73. The maximum atomic E-state index is 14.6. The van der Waals surface area contributed by atoms with Gasteiger partial charge in [0.05, 0.1) is 17.4 Å². The molecule has 4 aliphatic rings. The Labute approximate surface area is 241 Å². The Hall–Kier alpha value is -2.68. The first-order chi connectivity index (χ1) is 18.8. The maximum Gasteiger partial charge on any atom is 0.306 e. The minimum absolute atomic E-state index is 0.00458. The molecule has 2 N–H and O–H groups in total. The highest BCUT2D eigenvalue weighted by atomic mass is 16.5. The Morgan fingerprint density at radius 3 is 2.15 bits per heavy atom. The van der Waals surface area contributed by atoms with Crippen molar-refractivity contribution in [1.29, 1.82) is 0 Å². The summed E-state index contributed by atoms with van der Waals surface area (Å²) in [5.74, 6) is -5.24. The van der Waals surface area contributed by atoms with Gasteiger partial charge in [-0.25, -0.2) is 0 Å². The Morgan fingerprint density at radius 1 is 0.976 bits per heavy atom.